The third-order valence-electron chi connectivity index (χ3n) is 4.58. The first-order valence-electron chi connectivity index (χ1n) is 8.03. The van der Waals surface area contributed by atoms with Crippen LogP contribution in [-0.2, 0) is 9.47 Å². The molecule has 1 aliphatic heterocycles. The molecular formula is C17H22ClNO4. The van der Waals surface area contributed by atoms with Crippen LogP contribution < -0.4 is 4.74 Å². The van der Waals surface area contributed by atoms with Gasteiger partial charge in [-0.2, -0.15) is 0 Å². The number of carbonyl (C=O) groups is 1. The van der Waals surface area contributed by atoms with Crippen molar-refractivity contribution in [3.05, 3.63) is 28.8 Å². The lowest BCUT2D eigenvalue weighted by Crippen LogP contribution is -2.53. The Labute approximate surface area is 141 Å². The summed E-state index contributed by atoms with van der Waals surface area (Å²) in [6.07, 6.45) is 1.89. The van der Waals surface area contributed by atoms with Gasteiger partial charge in [0.25, 0.3) is 5.91 Å². The molecule has 1 aromatic carbocycles. The van der Waals surface area contributed by atoms with Gasteiger partial charge >= 0.3 is 0 Å². The van der Waals surface area contributed by atoms with Crippen LogP contribution in [0.3, 0.4) is 0 Å². The largest absolute Gasteiger partial charge is 0.495 e. The topological polar surface area (TPSA) is 48.0 Å². The molecule has 23 heavy (non-hydrogen) atoms. The number of fused-ring (bicyclic) bond motifs is 1. The molecule has 0 N–H and O–H groups in total. The van der Waals surface area contributed by atoms with Crippen LogP contribution in [0.15, 0.2) is 18.2 Å². The standard InChI is InChI=1S/C17H22ClNO4/c1-3-22-15-7-5-13-16(15)23-9-8-19(13)17(20)11-4-6-14(21-2)12(18)10-11/h4,6,10,13,15-16H,3,5,7-9H2,1-2H3/t13-,15-,16-/m1/s1. The van der Waals surface area contributed by atoms with Crippen LogP contribution in [0.2, 0.25) is 5.02 Å². The number of halogens is 1. The summed E-state index contributed by atoms with van der Waals surface area (Å²) in [4.78, 5) is 14.8. The van der Waals surface area contributed by atoms with Gasteiger partial charge in [-0.25, -0.2) is 0 Å². The lowest BCUT2D eigenvalue weighted by molar-refractivity contribution is -0.102. The first-order chi connectivity index (χ1) is 11.2. The third-order valence-corrected chi connectivity index (χ3v) is 4.87. The molecule has 5 nitrogen and oxygen atoms in total. The summed E-state index contributed by atoms with van der Waals surface area (Å²) in [7, 11) is 1.56. The van der Waals surface area contributed by atoms with E-state index in [0.717, 1.165) is 12.8 Å². The predicted molar refractivity (Wildman–Crippen MR) is 87.2 cm³/mol. The molecule has 0 bridgehead atoms. The van der Waals surface area contributed by atoms with Gasteiger partial charge in [0, 0.05) is 18.7 Å². The first-order valence-corrected chi connectivity index (χ1v) is 8.41. The average Bonchev–Trinajstić information content (AvgIpc) is 2.98. The van der Waals surface area contributed by atoms with Gasteiger partial charge in [0.05, 0.1) is 30.9 Å². The molecule has 1 saturated heterocycles. The Balaban J connectivity index is 1.78. The number of ether oxygens (including phenoxy) is 3. The smallest absolute Gasteiger partial charge is 0.254 e. The number of amides is 1. The minimum atomic E-state index is -0.0265. The van der Waals surface area contributed by atoms with Crippen molar-refractivity contribution >= 4 is 17.5 Å². The third kappa shape index (κ3) is 3.18. The molecular weight excluding hydrogens is 318 g/mol. The van der Waals surface area contributed by atoms with E-state index in [1.807, 2.05) is 11.8 Å². The Kier molecular flexibility index (Phi) is 5.09. The number of carbonyl (C=O) groups excluding carboxylic acids is 1. The highest BCUT2D eigenvalue weighted by Gasteiger charge is 2.45. The fraction of sp³-hybridized carbons (Fsp3) is 0.588. The summed E-state index contributed by atoms with van der Waals surface area (Å²) >= 11 is 6.15. The Morgan fingerprint density at radius 2 is 2.26 bits per heavy atom. The van der Waals surface area contributed by atoms with Crippen LogP contribution in [-0.4, -0.2) is 55.9 Å². The predicted octanol–water partition coefficient (Wildman–Crippen LogP) is 2.76. The van der Waals surface area contributed by atoms with Crippen molar-refractivity contribution in [3.8, 4) is 5.75 Å². The summed E-state index contributed by atoms with van der Waals surface area (Å²) in [6.45, 7) is 3.79. The Bertz CT molecular complexity index is 580. The summed E-state index contributed by atoms with van der Waals surface area (Å²) < 4.78 is 16.8. The van der Waals surface area contributed by atoms with Crippen molar-refractivity contribution in [2.75, 3.05) is 26.9 Å². The van der Waals surface area contributed by atoms with Gasteiger partial charge in [0.1, 0.15) is 11.9 Å². The summed E-state index contributed by atoms with van der Waals surface area (Å²) in [6, 6.07) is 5.23. The van der Waals surface area contributed by atoms with Crippen LogP contribution in [0.25, 0.3) is 0 Å². The highest BCUT2D eigenvalue weighted by Crippen LogP contribution is 2.33. The van der Waals surface area contributed by atoms with E-state index in [9.17, 15) is 4.79 Å². The van der Waals surface area contributed by atoms with Crippen LogP contribution in [0.5, 0.6) is 5.75 Å². The van der Waals surface area contributed by atoms with Gasteiger partial charge in [-0.3, -0.25) is 4.79 Å². The van der Waals surface area contributed by atoms with Crippen LogP contribution in [0.4, 0.5) is 0 Å². The maximum atomic E-state index is 12.9. The number of hydrogen-bond donors (Lipinski definition) is 0. The number of rotatable bonds is 4. The number of hydrogen-bond acceptors (Lipinski definition) is 4. The second-order valence-corrected chi connectivity index (χ2v) is 6.23. The van der Waals surface area contributed by atoms with Crippen LogP contribution in [0.1, 0.15) is 30.1 Å². The van der Waals surface area contributed by atoms with Crippen molar-refractivity contribution in [1.29, 1.82) is 0 Å². The SMILES string of the molecule is CCO[C@@H]1CC[C@@H]2[C@H]1OCCN2C(=O)c1ccc(OC)c(Cl)c1. The molecule has 0 radical (unpaired) electrons. The van der Waals surface area contributed by atoms with Gasteiger partial charge < -0.3 is 19.1 Å². The zero-order valence-corrected chi connectivity index (χ0v) is 14.2. The molecule has 1 heterocycles. The molecule has 126 valence electrons. The van der Waals surface area contributed by atoms with E-state index >= 15 is 0 Å². The average molecular weight is 340 g/mol. The normalized spacial score (nSPS) is 26.9. The number of nitrogens with zero attached hydrogens (tertiary/aromatic N) is 1. The van der Waals surface area contributed by atoms with Gasteiger partial charge in [0.2, 0.25) is 0 Å². The lowest BCUT2D eigenvalue weighted by atomic mass is 10.1. The molecule has 3 rings (SSSR count). The van der Waals surface area contributed by atoms with E-state index < -0.39 is 0 Å². The van der Waals surface area contributed by atoms with Gasteiger partial charge in [-0.1, -0.05) is 11.6 Å². The van der Waals surface area contributed by atoms with E-state index in [0.29, 0.717) is 36.1 Å². The highest BCUT2D eigenvalue weighted by molar-refractivity contribution is 6.32. The molecule has 6 heteroatoms. The maximum absolute atomic E-state index is 12.9. The zero-order chi connectivity index (χ0) is 16.4. The van der Waals surface area contributed by atoms with E-state index in [1.54, 1.807) is 25.3 Å². The van der Waals surface area contributed by atoms with Crippen molar-refractivity contribution in [3.63, 3.8) is 0 Å². The van der Waals surface area contributed by atoms with Crippen molar-refractivity contribution in [1.82, 2.24) is 4.90 Å². The second kappa shape index (κ2) is 7.07. The highest BCUT2D eigenvalue weighted by atomic mass is 35.5. The van der Waals surface area contributed by atoms with E-state index in [4.69, 9.17) is 25.8 Å². The Hall–Kier alpha value is -1.30. The molecule has 0 spiro atoms. The van der Waals surface area contributed by atoms with Crippen LogP contribution in [0, 0.1) is 0 Å². The fourth-order valence-electron chi connectivity index (χ4n) is 3.53. The van der Waals surface area contributed by atoms with Gasteiger partial charge in [0.15, 0.2) is 0 Å². The Morgan fingerprint density at radius 3 is 2.96 bits per heavy atom. The van der Waals surface area contributed by atoms with Crippen molar-refractivity contribution in [2.24, 2.45) is 0 Å². The van der Waals surface area contributed by atoms with E-state index in [2.05, 4.69) is 0 Å². The van der Waals surface area contributed by atoms with Crippen molar-refractivity contribution < 1.29 is 19.0 Å². The molecule has 0 unspecified atom stereocenters. The van der Waals surface area contributed by atoms with Gasteiger partial charge in [-0.05, 0) is 38.0 Å². The molecule has 3 atom stereocenters. The molecule has 1 amide bonds. The molecule has 0 aromatic heterocycles. The minimum absolute atomic E-state index is 0.00926. The summed E-state index contributed by atoms with van der Waals surface area (Å²) in [5.74, 6) is 0.561. The maximum Gasteiger partial charge on any atom is 0.254 e. The lowest BCUT2D eigenvalue weighted by Gasteiger charge is -2.39. The molecule has 2 aliphatic rings. The number of methoxy groups -OCH3 is 1. The number of morpholine rings is 1. The molecule has 1 aromatic rings. The molecule has 1 saturated carbocycles. The number of benzene rings is 1. The quantitative estimate of drug-likeness (QED) is 0.846. The van der Waals surface area contributed by atoms with Crippen LogP contribution >= 0.6 is 11.6 Å². The Morgan fingerprint density at radius 1 is 1.43 bits per heavy atom. The first kappa shape index (κ1) is 16.6. The van der Waals surface area contributed by atoms with Crippen molar-refractivity contribution in [2.45, 2.75) is 38.0 Å². The summed E-state index contributed by atoms with van der Waals surface area (Å²) in [5.41, 5.74) is 0.580. The van der Waals surface area contributed by atoms with Gasteiger partial charge in [-0.15, -0.1) is 0 Å². The summed E-state index contributed by atoms with van der Waals surface area (Å²) in [5, 5.41) is 0.446. The van der Waals surface area contributed by atoms with E-state index in [-0.39, 0.29) is 24.2 Å². The fourth-order valence-corrected chi connectivity index (χ4v) is 3.78. The molecule has 2 fully saturated rings. The van der Waals surface area contributed by atoms with E-state index in [1.165, 1.54) is 0 Å². The monoisotopic (exact) mass is 339 g/mol. The second-order valence-electron chi connectivity index (χ2n) is 5.82. The minimum Gasteiger partial charge on any atom is -0.495 e. The zero-order valence-electron chi connectivity index (χ0n) is 13.5. The molecule has 1 aliphatic carbocycles.